The zero-order valence-electron chi connectivity index (χ0n) is 7.97. The number of rotatable bonds is 4. The molecule has 0 radical (unpaired) electrons. The minimum absolute atomic E-state index is 0.805. The molecule has 0 aliphatic carbocycles. The van der Waals surface area contributed by atoms with Crippen molar-refractivity contribution < 1.29 is 32.2 Å². The molecule has 4 nitrogen and oxygen atoms in total. The summed E-state index contributed by atoms with van der Waals surface area (Å²) in [4.78, 5) is 10.7. The fourth-order valence-corrected chi connectivity index (χ4v) is 0.822. The molecule has 0 fully saturated rings. The predicted octanol–water partition coefficient (Wildman–Crippen LogP) is 1.10. The van der Waals surface area contributed by atoms with Crippen molar-refractivity contribution in [3.05, 3.63) is 0 Å². The van der Waals surface area contributed by atoms with Crippen LogP contribution in [0.3, 0.4) is 0 Å². The Morgan fingerprint density at radius 2 is 1.57 bits per heavy atom. The highest BCUT2D eigenvalue weighted by atomic mass is 19.4. The van der Waals surface area contributed by atoms with Gasteiger partial charge in [0.2, 0.25) is 0 Å². The lowest BCUT2D eigenvalue weighted by molar-refractivity contribution is -0.366. The number of hydrogen-bond donors (Lipinski definition) is 0. The number of alkyl halides is 3. The second kappa shape index (κ2) is 4.61. The van der Waals surface area contributed by atoms with Gasteiger partial charge in [-0.2, -0.15) is 13.2 Å². The summed E-state index contributed by atoms with van der Waals surface area (Å²) in [6, 6.07) is 0. The van der Waals surface area contributed by atoms with Gasteiger partial charge in [0.05, 0.1) is 7.11 Å². The molecule has 0 saturated carbocycles. The van der Waals surface area contributed by atoms with E-state index in [1.54, 1.807) is 0 Å². The van der Waals surface area contributed by atoms with Crippen LogP contribution in [0, 0.1) is 0 Å². The number of ether oxygens (including phenoxy) is 3. The van der Waals surface area contributed by atoms with Crippen molar-refractivity contribution in [3.8, 4) is 0 Å². The van der Waals surface area contributed by atoms with Gasteiger partial charge in [0, 0.05) is 14.2 Å². The maximum Gasteiger partial charge on any atom is 0.443 e. The van der Waals surface area contributed by atoms with Crippen LogP contribution >= 0.6 is 0 Å². The van der Waals surface area contributed by atoms with Crippen molar-refractivity contribution in [1.29, 1.82) is 0 Å². The van der Waals surface area contributed by atoms with Crippen LogP contribution in [0.1, 0.15) is 6.42 Å². The van der Waals surface area contributed by atoms with E-state index in [0.717, 1.165) is 21.3 Å². The molecule has 0 rings (SSSR count). The fraction of sp³-hybridized carbons (Fsp3) is 0.857. The van der Waals surface area contributed by atoms with E-state index in [1.807, 2.05) is 0 Å². The lowest BCUT2D eigenvalue weighted by Gasteiger charge is -2.31. The van der Waals surface area contributed by atoms with Crippen LogP contribution in [0.2, 0.25) is 0 Å². The van der Waals surface area contributed by atoms with Crippen LogP contribution < -0.4 is 0 Å². The molecule has 0 aromatic heterocycles. The molecule has 0 heterocycles. The van der Waals surface area contributed by atoms with Gasteiger partial charge >= 0.3 is 12.1 Å². The highest BCUT2D eigenvalue weighted by Gasteiger charge is 2.58. The van der Waals surface area contributed by atoms with Gasteiger partial charge in [0.15, 0.2) is 0 Å². The second-order valence-corrected chi connectivity index (χ2v) is 2.41. The molecule has 0 atom stereocenters. The molecule has 0 aromatic rings. The molecular weight excluding hydrogens is 205 g/mol. The monoisotopic (exact) mass is 216 g/mol. The van der Waals surface area contributed by atoms with Gasteiger partial charge in [0.25, 0.3) is 5.79 Å². The van der Waals surface area contributed by atoms with Crippen molar-refractivity contribution in [3.63, 3.8) is 0 Å². The molecule has 0 N–H and O–H groups in total. The SMILES string of the molecule is COC(=O)CC(OC)(OC)C(F)(F)F. The minimum Gasteiger partial charge on any atom is -0.469 e. The van der Waals surface area contributed by atoms with E-state index < -0.39 is 24.4 Å². The summed E-state index contributed by atoms with van der Waals surface area (Å²) in [5, 5.41) is 0. The number of methoxy groups -OCH3 is 3. The topological polar surface area (TPSA) is 44.8 Å². The number of esters is 1. The average Bonchev–Trinajstić information content (AvgIpc) is 2.11. The molecule has 7 heteroatoms. The average molecular weight is 216 g/mol. The Bertz CT molecular complexity index is 198. The van der Waals surface area contributed by atoms with E-state index in [1.165, 1.54) is 0 Å². The summed E-state index contributed by atoms with van der Waals surface area (Å²) in [7, 11) is 2.59. The van der Waals surface area contributed by atoms with Gasteiger partial charge < -0.3 is 14.2 Å². The molecule has 0 aliphatic rings. The third kappa shape index (κ3) is 2.58. The third-order valence-electron chi connectivity index (χ3n) is 1.70. The zero-order valence-corrected chi connectivity index (χ0v) is 7.97. The number of halogens is 3. The van der Waals surface area contributed by atoms with E-state index in [2.05, 4.69) is 14.2 Å². The number of carbonyl (C=O) groups is 1. The molecule has 0 spiro atoms. The van der Waals surface area contributed by atoms with Crippen LogP contribution in [-0.4, -0.2) is 39.3 Å². The first-order valence-electron chi connectivity index (χ1n) is 3.57. The van der Waals surface area contributed by atoms with Crippen molar-refractivity contribution in [2.75, 3.05) is 21.3 Å². The fourth-order valence-electron chi connectivity index (χ4n) is 0.822. The van der Waals surface area contributed by atoms with Crippen LogP contribution in [0.5, 0.6) is 0 Å². The minimum atomic E-state index is -4.80. The first kappa shape index (κ1) is 13.2. The van der Waals surface area contributed by atoms with Gasteiger partial charge in [0.1, 0.15) is 6.42 Å². The predicted molar refractivity (Wildman–Crippen MR) is 39.4 cm³/mol. The second-order valence-electron chi connectivity index (χ2n) is 2.41. The van der Waals surface area contributed by atoms with Gasteiger partial charge in [-0.15, -0.1) is 0 Å². The van der Waals surface area contributed by atoms with Gasteiger partial charge in [-0.25, -0.2) is 0 Å². The van der Waals surface area contributed by atoms with Crippen molar-refractivity contribution in [2.45, 2.75) is 18.4 Å². The third-order valence-corrected chi connectivity index (χ3v) is 1.70. The summed E-state index contributed by atoms with van der Waals surface area (Å²) in [6.07, 6.45) is -5.84. The Morgan fingerprint density at radius 3 is 1.79 bits per heavy atom. The largest absolute Gasteiger partial charge is 0.469 e. The Morgan fingerprint density at radius 1 is 1.14 bits per heavy atom. The van der Waals surface area contributed by atoms with Crippen LogP contribution in [0.4, 0.5) is 13.2 Å². The molecule has 0 aromatic carbocycles. The maximum absolute atomic E-state index is 12.4. The lowest BCUT2D eigenvalue weighted by Crippen LogP contribution is -2.50. The highest BCUT2D eigenvalue weighted by molar-refractivity contribution is 5.70. The molecule has 0 unspecified atom stereocenters. The summed E-state index contributed by atoms with van der Waals surface area (Å²) >= 11 is 0. The standard InChI is InChI=1S/C7H11F3O4/c1-12-5(11)4-6(13-2,14-3)7(8,9)10/h4H2,1-3H3. The molecular formula is C7H11F3O4. The Balaban J connectivity index is 4.80. The number of hydrogen-bond acceptors (Lipinski definition) is 4. The molecule has 0 saturated heterocycles. The van der Waals surface area contributed by atoms with Crippen LogP contribution in [0.15, 0.2) is 0 Å². The molecule has 0 aliphatic heterocycles. The molecule has 0 bridgehead atoms. The quantitative estimate of drug-likeness (QED) is 0.521. The van der Waals surface area contributed by atoms with E-state index in [4.69, 9.17) is 0 Å². The van der Waals surface area contributed by atoms with E-state index in [0.29, 0.717) is 0 Å². The Hall–Kier alpha value is -0.820. The van der Waals surface area contributed by atoms with Crippen LogP contribution in [-0.2, 0) is 19.0 Å². The maximum atomic E-state index is 12.4. The molecule has 14 heavy (non-hydrogen) atoms. The highest BCUT2D eigenvalue weighted by Crippen LogP contribution is 2.36. The Kier molecular flexibility index (Phi) is 4.34. The normalized spacial score (nSPS) is 12.7. The first-order chi connectivity index (χ1) is 6.33. The molecule has 0 amide bonds. The summed E-state index contributed by atoms with van der Waals surface area (Å²) in [5.41, 5.74) is 0. The van der Waals surface area contributed by atoms with Gasteiger partial charge in [-0.3, -0.25) is 4.79 Å². The zero-order chi connectivity index (χ0) is 11.4. The van der Waals surface area contributed by atoms with Gasteiger partial charge in [-0.05, 0) is 0 Å². The Labute approximate surface area is 78.9 Å². The summed E-state index contributed by atoms with van der Waals surface area (Å²) in [6.45, 7) is 0. The lowest BCUT2D eigenvalue weighted by atomic mass is 10.2. The smallest absolute Gasteiger partial charge is 0.443 e. The first-order valence-corrected chi connectivity index (χ1v) is 3.57. The van der Waals surface area contributed by atoms with E-state index in [9.17, 15) is 18.0 Å². The summed E-state index contributed by atoms with van der Waals surface area (Å²) in [5.74, 6) is -3.99. The van der Waals surface area contributed by atoms with E-state index in [-0.39, 0.29) is 0 Å². The van der Waals surface area contributed by atoms with E-state index >= 15 is 0 Å². The van der Waals surface area contributed by atoms with Crippen LogP contribution in [0.25, 0.3) is 0 Å². The van der Waals surface area contributed by atoms with Crippen molar-refractivity contribution in [2.24, 2.45) is 0 Å². The van der Waals surface area contributed by atoms with Crippen molar-refractivity contribution in [1.82, 2.24) is 0 Å². The van der Waals surface area contributed by atoms with Gasteiger partial charge in [-0.1, -0.05) is 0 Å². The number of carbonyl (C=O) groups excluding carboxylic acids is 1. The van der Waals surface area contributed by atoms with Crippen molar-refractivity contribution >= 4 is 5.97 Å². The molecule has 84 valence electrons. The summed E-state index contributed by atoms with van der Waals surface area (Å²) < 4.78 is 49.7.